The van der Waals surface area contributed by atoms with Crippen LogP contribution in [0, 0.1) is 0 Å². The summed E-state index contributed by atoms with van der Waals surface area (Å²) in [6.45, 7) is 2.25. The molecule has 1 unspecified atom stereocenters. The predicted molar refractivity (Wildman–Crippen MR) is 93.1 cm³/mol. The highest BCUT2D eigenvalue weighted by Gasteiger charge is 2.11. The average Bonchev–Trinajstić information content (AvgIpc) is 3.17. The summed E-state index contributed by atoms with van der Waals surface area (Å²) < 4.78 is 5.74. The van der Waals surface area contributed by atoms with Crippen LogP contribution in [0.15, 0.2) is 60.9 Å². The summed E-state index contributed by atoms with van der Waals surface area (Å²) in [5.74, 6) is 2.14. The minimum atomic E-state index is -0.270. The van der Waals surface area contributed by atoms with E-state index in [1.165, 1.54) is 6.33 Å². The summed E-state index contributed by atoms with van der Waals surface area (Å²) in [4.78, 5) is 15.9. The van der Waals surface area contributed by atoms with Gasteiger partial charge in [-0.15, -0.1) is 0 Å². The van der Waals surface area contributed by atoms with Crippen LogP contribution in [-0.2, 0) is 6.54 Å². The second-order valence-corrected chi connectivity index (χ2v) is 5.48. The molecule has 1 aromatic heterocycles. The molecule has 0 aliphatic rings. The highest BCUT2D eigenvalue weighted by atomic mass is 16.5. The first-order valence-electron chi connectivity index (χ1n) is 7.92. The first-order valence-corrected chi connectivity index (χ1v) is 7.92. The van der Waals surface area contributed by atoms with Gasteiger partial charge in [0.25, 0.3) is 0 Å². The number of aromatic nitrogens is 3. The molecule has 2 amide bonds. The number of urea groups is 1. The van der Waals surface area contributed by atoms with Crippen LogP contribution in [0.3, 0.4) is 0 Å². The molecule has 0 radical (unpaired) electrons. The molecule has 0 aliphatic carbocycles. The van der Waals surface area contributed by atoms with Crippen LogP contribution < -0.4 is 15.4 Å². The fraction of sp³-hybridized carbons (Fsp3) is 0.167. The smallest absolute Gasteiger partial charge is 0.315 e. The van der Waals surface area contributed by atoms with Gasteiger partial charge < -0.3 is 15.4 Å². The van der Waals surface area contributed by atoms with E-state index in [2.05, 4.69) is 25.8 Å². The quantitative estimate of drug-likeness (QED) is 0.644. The summed E-state index contributed by atoms with van der Waals surface area (Å²) >= 11 is 0. The molecule has 7 heteroatoms. The van der Waals surface area contributed by atoms with E-state index in [1.54, 1.807) is 0 Å². The van der Waals surface area contributed by atoms with Gasteiger partial charge in [-0.3, -0.25) is 5.10 Å². The molecule has 0 fully saturated rings. The molecule has 128 valence electrons. The van der Waals surface area contributed by atoms with Crippen molar-refractivity contribution in [1.29, 1.82) is 0 Å². The molecule has 0 spiro atoms. The zero-order valence-electron chi connectivity index (χ0n) is 13.8. The number of benzene rings is 2. The van der Waals surface area contributed by atoms with E-state index >= 15 is 0 Å². The van der Waals surface area contributed by atoms with Gasteiger partial charge >= 0.3 is 6.03 Å². The fourth-order valence-electron chi connectivity index (χ4n) is 2.22. The Morgan fingerprint density at radius 2 is 1.84 bits per heavy atom. The van der Waals surface area contributed by atoms with Gasteiger partial charge in [-0.05, 0) is 36.8 Å². The SMILES string of the molecule is CC(NC(=O)NCc1ccc(Oc2ccccc2)cc1)c1ncn[nH]1. The van der Waals surface area contributed by atoms with Crippen molar-refractivity contribution in [1.82, 2.24) is 25.8 Å². The van der Waals surface area contributed by atoms with Crippen LogP contribution in [0.2, 0.25) is 0 Å². The number of carbonyl (C=O) groups is 1. The third-order valence-electron chi connectivity index (χ3n) is 3.55. The van der Waals surface area contributed by atoms with E-state index in [0.29, 0.717) is 12.4 Å². The Labute approximate surface area is 145 Å². The highest BCUT2D eigenvalue weighted by Crippen LogP contribution is 2.21. The Morgan fingerprint density at radius 1 is 1.12 bits per heavy atom. The van der Waals surface area contributed by atoms with Gasteiger partial charge in [0.15, 0.2) is 0 Å². The normalized spacial score (nSPS) is 11.6. The Hall–Kier alpha value is -3.35. The molecule has 0 saturated heterocycles. The summed E-state index contributed by atoms with van der Waals surface area (Å²) in [6.07, 6.45) is 1.41. The van der Waals surface area contributed by atoms with Crippen molar-refractivity contribution in [2.45, 2.75) is 19.5 Å². The average molecular weight is 337 g/mol. The molecular formula is C18H19N5O2. The molecular weight excluding hydrogens is 318 g/mol. The molecule has 1 atom stereocenters. The largest absolute Gasteiger partial charge is 0.457 e. The van der Waals surface area contributed by atoms with Crippen molar-refractivity contribution in [3.05, 3.63) is 72.3 Å². The Bertz CT molecular complexity index is 788. The lowest BCUT2D eigenvalue weighted by molar-refractivity contribution is 0.237. The van der Waals surface area contributed by atoms with Crippen LogP contribution >= 0.6 is 0 Å². The molecule has 3 rings (SSSR count). The van der Waals surface area contributed by atoms with Gasteiger partial charge in [0.05, 0.1) is 6.04 Å². The lowest BCUT2D eigenvalue weighted by Gasteiger charge is -2.12. The number of hydrogen-bond acceptors (Lipinski definition) is 4. The third-order valence-corrected chi connectivity index (χ3v) is 3.55. The van der Waals surface area contributed by atoms with E-state index < -0.39 is 0 Å². The number of nitrogens with one attached hydrogen (secondary N) is 3. The van der Waals surface area contributed by atoms with Crippen molar-refractivity contribution < 1.29 is 9.53 Å². The van der Waals surface area contributed by atoms with E-state index in [4.69, 9.17) is 4.74 Å². The second-order valence-electron chi connectivity index (χ2n) is 5.48. The van der Waals surface area contributed by atoms with Crippen LogP contribution in [0.5, 0.6) is 11.5 Å². The number of carbonyl (C=O) groups excluding carboxylic acids is 1. The number of amides is 2. The second kappa shape index (κ2) is 7.96. The Balaban J connectivity index is 1.47. The van der Waals surface area contributed by atoms with Crippen molar-refractivity contribution in [2.75, 3.05) is 0 Å². The molecule has 0 bridgehead atoms. The van der Waals surface area contributed by atoms with E-state index in [1.807, 2.05) is 61.5 Å². The number of nitrogens with zero attached hydrogens (tertiary/aromatic N) is 2. The maximum atomic E-state index is 11.9. The van der Waals surface area contributed by atoms with E-state index in [0.717, 1.165) is 17.1 Å². The fourth-order valence-corrected chi connectivity index (χ4v) is 2.22. The molecule has 1 heterocycles. The minimum Gasteiger partial charge on any atom is -0.457 e. The highest BCUT2D eigenvalue weighted by molar-refractivity contribution is 5.74. The first kappa shape index (κ1) is 16.5. The Morgan fingerprint density at radius 3 is 2.52 bits per heavy atom. The number of hydrogen-bond donors (Lipinski definition) is 3. The van der Waals surface area contributed by atoms with Crippen molar-refractivity contribution in [3.63, 3.8) is 0 Å². The standard InChI is InChI=1S/C18H19N5O2/c1-13(17-20-12-21-23-17)22-18(24)19-11-14-7-9-16(10-8-14)25-15-5-3-2-4-6-15/h2-10,12-13H,11H2,1H3,(H2,19,22,24)(H,20,21,23). The molecule has 7 nitrogen and oxygen atoms in total. The predicted octanol–water partition coefficient (Wildman–Crippen LogP) is 3.16. The zero-order chi connectivity index (χ0) is 17.5. The molecule has 3 aromatic rings. The van der Waals surface area contributed by atoms with E-state index in [-0.39, 0.29) is 12.1 Å². The van der Waals surface area contributed by atoms with Gasteiger partial charge in [-0.1, -0.05) is 30.3 Å². The molecule has 0 saturated carbocycles. The number of H-pyrrole nitrogens is 1. The third kappa shape index (κ3) is 4.81. The van der Waals surface area contributed by atoms with Gasteiger partial charge in [0, 0.05) is 6.54 Å². The molecule has 3 N–H and O–H groups in total. The van der Waals surface area contributed by atoms with Crippen molar-refractivity contribution in [3.8, 4) is 11.5 Å². The maximum absolute atomic E-state index is 11.9. The van der Waals surface area contributed by atoms with Gasteiger partial charge in [-0.25, -0.2) is 9.78 Å². The van der Waals surface area contributed by atoms with Gasteiger partial charge in [0.2, 0.25) is 0 Å². The summed E-state index contributed by atoms with van der Waals surface area (Å²) in [7, 11) is 0. The summed E-state index contributed by atoms with van der Waals surface area (Å²) in [5.41, 5.74) is 0.975. The van der Waals surface area contributed by atoms with Crippen molar-refractivity contribution in [2.24, 2.45) is 0 Å². The topological polar surface area (TPSA) is 91.9 Å². The monoisotopic (exact) mass is 337 g/mol. The number of ether oxygens (including phenoxy) is 1. The minimum absolute atomic E-state index is 0.246. The number of rotatable bonds is 6. The lowest BCUT2D eigenvalue weighted by Crippen LogP contribution is -2.37. The first-order chi connectivity index (χ1) is 12.2. The molecule has 0 aliphatic heterocycles. The summed E-state index contributed by atoms with van der Waals surface area (Å²) in [5, 5.41) is 12.1. The molecule has 25 heavy (non-hydrogen) atoms. The number of aromatic amines is 1. The van der Waals surface area contributed by atoms with Crippen LogP contribution in [-0.4, -0.2) is 21.2 Å². The Kier molecular flexibility index (Phi) is 5.26. The van der Waals surface area contributed by atoms with Gasteiger partial charge in [0.1, 0.15) is 23.7 Å². The lowest BCUT2D eigenvalue weighted by atomic mass is 10.2. The summed E-state index contributed by atoms with van der Waals surface area (Å²) in [6, 6.07) is 16.6. The van der Waals surface area contributed by atoms with Crippen LogP contribution in [0.25, 0.3) is 0 Å². The maximum Gasteiger partial charge on any atom is 0.315 e. The van der Waals surface area contributed by atoms with Crippen LogP contribution in [0.4, 0.5) is 4.79 Å². The van der Waals surface area contributed by atoms with Gasteiger partial charge in [-0.2, -0.15) is 5.10 Å². The number of para-hydroxylation sites is 1. The van der Waals surface area contributed by atoms with Crippen LogP contribution in [0.1, 0.15) is 24.4 Å². The molecule has 2 aromatic carbocycles. The van der Waals surface area contributed by atoms with Crippen molar-refractivity contribution >= 4 is 6.03 Å². The van der Waals surface area contributed by atoms with E-state index in [9.17, 15) is 4.79 Å². The zero-order valence-corrected chi connectivity index (χ0v) is 13.8.